The van der Waals surface area contributed by atoms with Crippen LogP contribution in [0.25, 0.3) is 0 Å². The van der Waals surface area contributed by atoms with Gasteiger partial charge in [0.25, 0.3) is 5.56 Å². The van der Waals surface area contributed by atoms with Gasteiger partial charge in [-0.05, 0) is 29.5 Å². The normalized spacial score (nSPS) is 10.6. The van der Waals surface area contributed by atoms with E-state index in [4.69, 9.17) is 0 Å². The largest absolute Gasteiger partial charge is 0.268 e. The summed E-state index contributed by atoms with van der Waals surface area (Å²) >= 11 is 2.06. The molecule has 0 aromatic carbocycles. The van der Waals surface area contributed by atoms with E-state index >= 15 is 0 Å². The Labute approximate surface area is 105 Å². The molecule has 0 unspecified atom stereocenters. The number of rotatable bonds is 3. The summed E-state index contributed by atoms with van der Waals surface area (Å²) in [5, 5.41) is 8.08. The molecule has 2 aromatic rings. The van der Waals surface area contributed by atoms with Crippen LogP contribution in [-0.4, -0.2) is 24.5 Å². The summed E-state index contributed by atoms with van der Waals surface area (Å²) in [4.78, 5) is 15.7. The molecule has 0 saturated heterocycles. The average molecular weight is 331 g/mol. The van der Waals surface area contributed by atoms with Crippen molar-refractivity contribution in [2.24, 2.45) is 0 Å². The second kappa shape index (κ2) is 4.73. The Bertz CT molecular complexity index is 547. The summed E-state index contributed by atoms with van der Waals surface area (Å²) in [5.41, 5.74) is -0.127. The molecule has 84 valence electrons. The van der Waals surface area contributed by atoms with Crippen LogP contribution in [0.3, 0.4) is 0 Å². The molecule has 0 bridgehead atoms. The smallest absolute Gasteiger partial charge is 0.268 e. The van der Waals surface area contributed by atoms with Crippen molar-refractivity contribution in [1.29, 1.82) is 0 Å². The predicted octanol–water partition coefficient (Wildman–Crippen LogP) is 0.508. The first-order valence-electron chi connectivity index (χ1n) is 4.80. The maximum absolute atomic E-state index is 11.6. The monoisotopic (exact) mass is 331 g/mol. The fourth-order valence-electron chi connectivity index (χ4n) is 1.34. The van der Waals surface area contributed by atoms with Gasteiger partial charge in [0.1, 0.15) is 18.7 Å². The van der Waals surface area contributed by atoms with Crippen LogP contribution in [-0.2, 0) is 13.1 Å². The molecule has 0 amide bonds. The summed E-state index contributed by atoms with van der Waals surface area (Å²) < 4.78 is 3.94. The Balaban J connectivity index is 2.31. The molecule has 0 N–H and O–H groups in total. The van der Waals surface area contributed by atoms with Gasteiger partial charge in [0.05, 0.1) is 6.20 Å². The first-order valence-corrected chi connectivity index (χ1v) is 5.88. The van der Waals surface area contributed by atoms with E-state index in [0.717, 1.165) is 15.9 Å². The molecule has 0 saturated carbocycles. The Hall–Kier alpha value is -1.25. The van der Waals surface area contributed by atoms with Gasteiger partial charge in [0.15, 0.2) is 0 Å². The van der Waals surface area contributed by atoms with E-state index in [1.165, 1.54) is 11.0 Å². The number of halogens is 1. The highest BCUT2D eigenvalue weighted by molar-refractivity contribution is 14.1. The van der Waals surface area contributed by atoms with Gasteiger partial charge in [0.2, 0.25) is 0 Å². The van der Waals surface area contributed by atoms with Gasteiger partial charge in [0, 0.05) is 16.2 Å². The predicted molar refractivity (Wildman–Crippen MR) is 66.0 cm³/mol. The summed E-state index contributed by atoms with van der Waals surface area (Å²) in [6.07, 6.45) is 3.13. The lowest BCUT2D eigenvalue weighted by atomic mass is 10.5. The van der Waals surface area contributed by atoms with Crippen LogP contribution in [0.15, 0.2) is 23.4 Å². The Morgan fingerprint density at radius 1 is 1.38 bits per heavy atom. The highest BCUT2D eigenvalue weighted by Crippen LogP contribution is 1.98. The molecule has 0 aliphatic rings. The number of aryl methyl sites for hydroxylation is 1. The fourth-order valence-corrected chi connectivity index (χ4v) is 1.73. The lowest BCUT2D eigenvalue weighted by Gasteiger charge is -2.04. The van der Waals surface area contributed by atoms with E-state index in [2.05, 4.69) is 37.8 Å². The van der Waals surface area contributed by atoms with Crippen molar-refractivity contribution >= 4 is 22.6 Å². The van der Waals surface area contributed by atoms with Crippen LogP contribution >= 0.6 is 22.6 Å². The van der Waals surface area contributed by atoms with Crippen molar-refractivity contribution in [1.82, 2.24) is 24.5 Å². The molecule has 2 rings (SSSR count). The third kappa shape index (κ3) is 2.29. The summed E-state index contributed by atoms with van der Waals surface area (Å²) in [6.45, 7) is 3.06. The molecule has 0 atom stereocenters. The second-order valence-electron chi connectivity index (χ2n) is 3.16. The minimum atomic E-state index is -0.127. The van der Waals surface area contributed by atoms with E-state index in [1.54, 1.807) is 16.9 Å². The zero-order valence-electron chi connectivity index (χ0n) is 8.67. The molecule has 7 heteroatoms. The van der Waals surface area contributed by atoms with Gasteiger partial charge in [-0.2, -0.15) is 10.2 Å². The summed E-state index contributed by atoms with van der Waals surface area (Å²) in [7, 11) is 0. The van der Waals surface area contributed by atoms with Gasteiger partial charge < -0.3 is 0 Å². The molecule has 0 aliphatic carbocycles. The molecular formula is C9H10IN5O. The Morgan fingerprint density at radius 3 is 2.88 bits per heavy atom. The molecular weight excluding hydrogens is 321 g/mol. The lowest BCUT2D eigenvalue weighted by Crippen LogP contribution is -2.24. The lowest BCUT2D eigenvalue weighted by molar-refractivity contribution is 0.550. The van der Waals surface area contributed by atoms with Crippen LogP contribution in [0.2, 0.25) is 0 Å². The average Bonchev–Trinajstić information content (AvgIpc) is 2.69. The molecule has 16 heavy (non-hydrogen) atoms. The topological polar surface area (TPSA) is 65.6 Å². The Morgan fingerprint density at radius 2 is 2.19 bits per heavy atom. The Kier molecular flexibility index (Phi) is 3.32. The number of aromatic nitrogens is 5. The van der Waals surface area contributed by atoms with E-state index < -0.39 is 0 Å². The SMILES string of the molecule is CCn1ncnc1Cn1ncc(I)cc1=O. The van der Waals surface area contributed by atoms with Crippen molar-refractivity contribution in [2.45, 2.75) is 20.0 Å². The van der Waals surface area contributed by atoms with Crippen molar-refractivity contribution in [2.75, 3.05) is 0 Å². The van der Waals surface area contributed by atoms with Crippen LogP contribution in [0, 0.1) is 3.57 Å². The minimum absolute atomic E-state index is 0.127. The van der Waals surface area contributed by atoms with Gasteiger partial charge >= 0.3 is 0 Å². The summed E-state index contributed by atoms with van der Waals surface area (Å²) in [5.74, 6) is 0.735. The number of nitrogens with zero attached hydrogens (tertiary/aromatic N) is 5. The van der Waals surface area contributed by atoms with Crippen LogP contribution in [0.4, 0.5) is 0 Å². The van der Waals surface area contributed by atoms with Crippen LogP contribution in [0.1, 0.15) is 12.7 Å². The second-order valence-corrected chi connectivity index (χ2v) is 4.41. The standard InChI is InChI=1S/C9H10IN5O/c1-2-14-8(11-6-13-14)5-15-9(16)3-7(10)4-12-15/h3-4,6H,2,5H2,1H3. The molecule has 6 nitrogen and oxygen atoms in total. The first kappa shape index (κ1) is 11.2. The maximum atomic E-state index is 11.6. The first-order chi connectivity index (χ1) is 7.70. The van der Waals surface area contributed by atoms with Gasteiger partial charge in [-0.3, -0.25) is 4.79 Å². The maximum Gasteiger partial charge on any atom is 0.268 e. The molecule has 0 fully saturated rings. The van der Waals surface area contributed by atoms with Crippen molar-refractivity contribution < 1.29 is 0 Å². The molecule has 0 spiro atoms. The number of hydrogen-bond donors (Lipinski definition) is 0. The zero-order chi connectivity index (χ0) is 11.5. The van der Waals surface area contributed by atoms with Gasteiger partial charge in [-0.15, -0.1) is 0 Å². The number of hydrogen-bond acceptors (Lipinski definition) is 4. The van der Waals surface area contributed by atoms with Gasteiger partial charge in [-0.1, -0.05) is 0 Å². The third-order valence-corrected chi connectivity index (χ3v) is 2.71. The molecule has 2 aromatic heterocycles. The van der Waals surface area contributed by atoms with Gasteiger partial charge in [-0.25, -0.2) is 14.3 Å². The van der Waals surface area contributed by atoms with Crippen molar-refractivity contribution in [3.05, 3.63) is 38.3 Å². The minimum Gasteiger partial charge on any atom is -0.268 e. The van der Waals surface area contributed by atoms with Crippen molar-refractivity contribution in [3.8, 4) is 0 Å². The molecule has 0 radical (unpaired) electrons. The zero-order valence-corrected chi connectivity index (χ0v) is 10.8. The van der Waals surface area contributed by atoms with E-state index in [0.29, 0.717) is 6.54 Å². The van der Waals surface area contributed by atoms with E-state index in [-0.39, 0.29) is 5.56 Å². The molecule has 2 heterocycles. The van der Waals surface area contributed by atoms with E-state index in [1.807, 2.05) is 6.92 Å². The highest BCUT2D eigenvalue weighted by atomic mass is 127. The third-order valence-electron chi connectivity index (χ3n) is 2.12. The fraction of sp³-hybridized carbons (Fsp3) is 0.333. The summed E-state index contributed by atoms with van der Waals surface area (Å²) in [6, 6.07) is 1.54. The van der Waals surface area contributed by atoms with Crippen molar-refractivity contribution in [3.63, 3.8) is 0 Å². The quantitative estimate of drug-likeness (QED) is 0.769. The van der Waals surface area contributed by atoms with Crippen LogP contribution < -0.4 is 5.56 Å². The van der Waals surface area contributed by atoms with Crippen LogP contribution in [0.5, 0.6) is 0 Å². The van der Waals surface area contributed by atoms with E-state index in [9.17, 15) is 4.79 Å². The molecule has 0 aliphatic heterocycles. The highest BCUT2D eigenvalue weighted by Gasteiger charge is 2.05.